The van der Waals surface area contributed by atoms with Crippen LogP contribution >= 0.6 is 0 Å². The third kappa shape index (κ3) is 1.65. The molecular weight excluding hydrogens is 180 g/mol. The van der Waals surface area contributed by atoms with Gasteiger partial charge in [0.2, 0.25) is 5.95 Å². The molecule has 1 aliphatic heterocycles. The van der Waals surface area contributed by atoms with E-state index in [4.69, 9.17) is 5.26 Å². The Labute approximate surface area is 81.6 Å². The lowest BCUT2D eigenvalue weighted by molar-refractivity contribution is 0.198. The van der Waals surface area contributed by atoms with Crippen molar-refractivity contribution in [2.24, 2.45) is 0 Å². The summed E-state index contributed by atoms with van der Waals surface area (Å²) in [6, 6.07) is 3.53. The number of anilines is 1. The fourth-order valence-corrected chi connectivity index (χ4v) is 1.49. The van der Waals surface area contributed by atoms with Gasteiger partial charge < -0.3 is 10.0 Å². The minimum absolute atomic E-state index is 0.302. The van der Waals surface area contributed by atoms with Gasteiger partial charge in [0.25, 0.3) is 0 Å². The minimum atomic E-state index is -0.302. The van der Waals surface area contributed by atoms with E-state index in [1.807, 2.05) is 11.0 Å². The number of nitrogens with zero attached hydrogens (tertiary/aromatic N) is 4. The highest BCUT2D eigenvalue weighted by Crippen LogP contribution is 2.15. The molecule has 5 nitrogen and oxygen atoms in total. The van der Waals surface area contributed by atoms with E-state index in [1.165, 1.54) is 0 Å². The number of aliphatic hydroxyl groups excluding tert-OH is 1. The van der Waals surface area contributed by atoms with Crippen molar-refractivity contribution in [2.45, 2.75) is 12.5 Å². The van der Waals surface area contributed by atoms with Crippen LogP contribution in [0.1, 0.15) is 12.1 Å². The summed E-state index contributed by atoms with van der Waals surface area (Å²) >= 11 is 0. The van der Waals surface area contributed by atoms with Crippen molar-refractivity contribution in [2.75, 3.05) is 18.0 Å². The van der Waals surface area contributed by atoms with Crippen molar-refractivity contribution >= 4 is 5.95 Å². The zero-order chi connectivity index (χ0) is 9.97. The molecule has 5 heteroatoms. The van der Waals surface area contributed by atoms with Crippen LogP contribution in [0.15, 0.2) is 12.3 Å². The van der Waals surface area contributed by atoms with Crippen LogP contribution in [0, 0.1) is 11.3 Å². The van der Waals surface area contributed by atoms with Crippen molar-refractivity contribution in [3.63, 3.8) is 0 Å². The maximum absolute atomic E-state index is 9.33. The van der Waals surface area contributed by atoms with E-state index >= 15 is 0 Å². The van der Waals surface area contributed by atoms with Crippen LogP contribution in [0.2, 0.25) is 0 Å². The Bertz CT molecular complexity index is 373. The monoisotopic (exact) mass is 190 g/mol. The summed E-state index contributed by atoms with van der Waals surface area (Å²) in [6.07, 6.45) is 2.00. The predicted octanol–water partition coefficient (Wildman–Crippen LogP) is -0.0807. The summed E-state index contributed by atoms with van der Waals surface area (Å²) in [6.45, 7) is 1.30. The highest BCUT2D eigenvalue weighted by atomic mass is 16.3. The molecule has 1 aliphatic rings. The van der Waals surface area contributed by atoms with E-state index in [-0.39, 0.29) is 6.10 Å². The molecule has 1 aromatic rings. The molecule has 0 aromatic carbocycles. The standard InChI is InChI=1S/C9H10N4O/c10-5-7-1-3-11-9(12-7)13-4-2-8(14)6-13/h1,3,8,14H,2,4,6H2. The summed E-state index contributed by atoms with van der Waals surface area (Å²) in [4.78, 5) is 9.99. The average Bonchev–Trinajstić information content (AvgIpc) is 2.65. The number of hydrogen-bond donors (Lipinski definition) is 1. The maximum Gasteiger partial charge on any atom is 0.226 e. The summed E-state index contributed by atoms with van der Waals surface area (Å²) in [5, 5.41) is 18.0. The Morgan fingerprint density at radius 1 is 1.64 bits per heavy atom. The second-order valence-corrected chi connectivity index (χ2v) is 3.24. The highest BCUT2D eigenvalue weighted by Gasteiger charge is 2.22. The first kappa shape index (κ1) is 8.91. The zero-order valence-corrected chi connectivity index (χ0v) is 7.59. The molecule has 14 heavy (non-hydrogen) atoms. The first-order valence-electron chi connectivity index (χ1n) is 4.46. The molecule has 72 valence electrons. The number of β-amino-alcohol motifs (C(OH)–C–C–N with tert-alkyl or cyclic N) is 1. The summed E-state index contributed by atoms with van der Waals surface area (Å²) in [5.74, 6) is 0.528. The molecule has 1 fully saturated rings. The number of nitriles is 1. The van der Waals surface area contributed by atoms with Crippen molar-refractivity contribution in [1.29, 1.82) is 5.26 Å². The van der Waals surface area contributed by atoms with Gasteiger partial charge in [-0.2, -0.15) is 5.26 Å². The maximum atomic E-state index is 9.33. The number of hydrogen-bond acceptors (Lipinski definition) is 5. The molecule has 1 aromatic heterocycles. The highest BCUT2D eigenvalue weighted by molar-refractivity contribution is 5.35. The molecule has 0 amide bonds. The second-order valence-electron chi connectivity index (χ2n) is 3.24. The van der Waals surface area contributed by atoms with Gasteiger partial charge in [-0.15, -0.1) is 0 Å². The molecule has 1 atom stereocenters. The van der Waals surface area contributed by atoms with Gasteiger partial charge in [-0.3, -0.25) is 0 Å². The second kappa shape index (κ2) is 3.60. The van der Waals surface area contributed by atoms with E-state index in [2.05, 4.69) is 9.97 Å². The van der Waals surface area contributed by atoms with Crippen LogP contribution in [0.5, 0.6) is 0 Å². The van der Waals surface area contributed by atoms with E-state index in [1.54, 1.807) is 12.3 Å². The molecule has 0 aliphatic carbocycles. The van der Waals surface area contributed by atoms with Crippen molar-refractivity contribution in [3.8, 4) is 6.07 Å². The molecule has 2 heterocycles. The van der Waals surface area contributed by atoms with Gasteiger partial charge in [-0.25, -0.2) is 9.97 Å². The van der Waals surface area contributed by atoms with Crippen molar-refractivity contribution < 1.29 is 5.11 Å². The normalized spacial score (nSPS) is 20.9. The van der Waals surface area contributed by atoms with E-state index in [0.717, 1.165) is 13.0 Å². The molecular formula is C9H10N4O. The van der Waals surface area contributed by atoms with Crippen LogP contribution in [-0.2, 0) is 0 Å². The lowest BCUT2D eigenvalue weighted by Crippen LogP contribution is -2.23. The number of aromatic nitrogens is 2. The van der Waals surface area contributed by atoms with Gasteiger partial charge in [0, 0.05) is 19.3 Å². The lowest BCUT2D eigenvalue weighted by atomic mass is 10.3. The lowest BCUT2D eigenvalue weighted by Gasteiger charge is -2.14. The van der Waals surface area contributed by atoms with Gasteiger partial charge in [0.05, 0.1) is 6.10 Å². The number of aliphatic hydroxyl groups is 1. The summed E-state index contributed by atoms with van der Waals surface area (Å²) in [7, 11) is 0. The van der Waals surface area contributed by atoms with Crippen molar-refractivity contribution in [1.82, 2.24) is 9.97 Å². The molecule has 1 unspecified atom stereocenters. The van der Waals surface area contributed by atoms with Crippen LogP contribution in [0.3, 0.4) is 0 Å². The SMILES string of the molecule is N#Cc1ccnc(N2CCC(O)C2)n1. The fourth-order valence-electron chi connectivity index (χ4n) is 1.49. The molecule has 1 saturated heterocycles. The Morgan fingerprint density at radius 2 is 2.50 bits per heavy atom. The average molecular weight is 190 g/mol. The molecule has 1 N–H and O–H groups in total. The third-order valence-corrected chi connectivity index (χ3v) is 2.20. The van der Waals surface area contributed by atoms with E-state index in [9.17, 15) is 5.11 Å². The van der Waals surface area contributed by atoms with Gasteiger partial charge >= 0.3 is 0 Å². The topological polar surface area (TPSA) is 73.0 Å². The fraction of sp³-hybridized carbons (Fsp3) is 0.444. The Balaban J connectivity index is 2.20. The first-order valence-corrected chi connectivity index (χ1v) is 4.46. The summed E-state index contributed by atoms with van der Waals surface area (Å²) < 4.78 is 0. The van der Waals surface area contributed by atoms with Crippen molar-refractivity contribution in [3.05, 3.63) is 18.0 Å². The molecule has 0 bridgehead atoms. The Hall–Kier alpha value is -1.67. The quantitative estimate of drug-likeness (QED) is 0.670. The smallest absolute Gasteiger partial charge is 0.226 e. The van der Waals surface area contributed by atoms with Crippen LogP contribution in [0.25, 0.3) is 0 Å². The third-order valence-electron chi connectivity index (χ3n) is 2.20. The van der Waals surface area contributed by atoms with Gasteiger partial charge in [0.1, 0.15) is 11.8 Å². The van der Waals surface area contributed by atoms with Gasteiger partial charge in [-0.1, -0.05) is 0 Å². The first-order chi connectivity index (χ1) is 6.79. The minimum Gasteiger partial charge on any atom is -0.391 e. The molecule has 2 rings (SSSR count). The molecule has 0 saturated carbocycles. The van der Waals surface area contributed by atoms with Crippen LogP contribution in [0.4, 0.5) is 5.95 Å². The molecule has 0 radical (unpaired) electrons. The van der Waals surface area contributed by atoms with Crippen LogP contribution < -0.4 is 4.90 Å². The van der Waals surface area contributed by atoms with E-state index < -0.39 is 0 Å². The van der Waals surface area contributed by atoms with Crippen LogP contribution in [-0.4, -0.2) is 34.3 Å². The molecule has 0 spiro atoms. The van der Waals surface area contributed by atoms with E-state index in [0.29, 0.717) is 18.2 Å². The zero-order valence-electron chi connectivity index (χ0n) is 7.59. The Morgan fingerprint density at radius 3 is 3.14 bits per heavy atom. The Kier molecular flexibility index (Phi) is 2.29. The predicted molar refractivity (Wildman–Crippen MR) is 49.6 cm³/mol. The number of rotatable bonds is 1. The summed E-state index contributed by atoms with van der Waals surface area (Å²) in [5.41, 5.74) is 0.358. The van der Waals surface area contributed by atoms with Gasteiger partial charge in [0.15, 0.2) is 0 Å². The van der Waals surface area contributed by atoms with Gasteiger partial charge in [-0.05, 0) is 12.5 Å². The largest absolute Gasteiger partial charge is 0.391 e.